The van der Waals surface area contributed by atoms with E-state index in [0.29, 0.717) is 18.4 Å². The van der Waals surface area contributed by atoms with Gasteiger partial charge in [0, 0.05) is 31.1 Å². The third kappa shape index (κ3) is 2.86. The van der Waals surface area contributed by atoms with Crippen molar-refractivity contribution < 1.29 is 4.79 Å². The molecule has 0 aromatic carbocycles. The van der Waals surface area contributed by atoms with Gasteiger partial charge in [-0.3, -0.25) is 4.79 Å². The van der Waals surface area contributed by atoms with E-state index in [4.69, 9.17) is 11.5 Å². The van der Waals surface area contributed by atoms with Crippen LogP contribution in [-0.4, -0.2) is 36.0 Å². The molecule has 1 aliphatic carbocycles. The molecular formula is C14H27N3O. The van der Waals surface area contributed by atoms with Crippen LogP contribution in [0.4, 0.5) is 0 Å². The Morgan fingerprint density at radius 1 is 1.28 bits per heavy atom. The molecule has 0 spiro atoms. The zero-order valence-electron chi connectivity index (χ0n) is 11.5. The highest BCUT2D eigenvalue weighted by atomic mass is 16.2. The largest absolute Gasteiger partial charge is 0.338 e. The molecule has 4 nitrogen and oxygen atoms in total. The number of hydrogen-bond donors (Lipinski definition) is 2. The third-order valence-corrected chi connectivity index (χ3v) is 4.70. The summed E-state index contributed by atoms with van der Waals surface area (Å²) in [4.78, 5) is 14.7. The second kappa shape index (κ2) is 6.02. The van der Waals surface area contributed by atoms with E-state index in [1.54, 1.807) is 0 Å². The van der Waals surface area contributed by atoms with Crippen LogP contribution in [0.5, 0.6) is 0 Å². The minimum Gasteiger partial charge on any atom is -0.338 e. The molecule has 2 aliphatic rings. The highest BCUT2D eigenvalue weighted by Crippen LogP contribution is 2.29. The maximum absolute atomic E-state index is 12.6. The molecule has 2 rings (SSSR count). The molecule has 1 heterocycles. The average Bonchev–Trinajstić information content (AvgIpc) is 2.37. The number of piperidine rings is 1. The summed E-state index contributed by atoms with van der Waals surface area (Å²) < 4.78 is 0. The smallest absolute Gasteiger partial charge is 0.226 e. The fourth-order valence-corrected chi connectivity index (χ4v) is 3.57. The Morgan fingerprint density at radius 2 is 2.06 bits per heavy atom. The summed E-state index contributed by atoms with van der Waals surface area (Å²) in [5.41, 5.74) is 11.9. The van der Waals surface area contributed by atoms with Gasteiger partial charge in [0.05, 0.1) is 0 Å². The van der Waals surface area contributed by atoms with Crippen molar-refractivity contribution in [2.75, 3.05) is 13.1 Å². The van der Waals surface area contributed by atoms with Crippen LogP contribution in [0.1, 0.15) is 45.4 Å². The molecule has 0 unspecified atom stereocenters. The van der Waals surface area contributed by atoms with Gasteiger partial charge < -0.3 is 16.4 Å². The number of carbonyl (C=O) groups excluding carboxylic acids is 1. The number of rotatable bonds is 2. The highest BCUT2D eigenvalue weighted by Gasteiger charge is 2.35. The van der Waals surface area contributed by atoms with Gasteiger partial charge >= 0.3 is 0 Å². The Morgan fingerprint density at radius 3 is 2.72 bits per heavy atom. The average molecular weight is 253 g/mol. The molecule has 1 amide bonds. The molecule has 4 atom stereocenters. The van der Waals surface area contributed by atoms with Gasteiger partial charge in [-0.25, -0.2) is 0 Å². The predicted molar refractivity (Wildman–Crippen MR) is 72.9 cm³/mol. The molecule has 0 radical (unpaired) electrons. The topological polar surface area (TPSA) is 72.3 Å². The summed E-state index contributed by atoms with van der Waals surface area (Å²) in [6, 6.07) is 0.454. The van der Waals surface area contributed by atoms with E-state index in [2.05, 4.69) is 11.8 Å². The number of nitrogens with zero attached hydrogens (tertiary/aromatic N) is 1. The third-order valence-electron chi connectivity index (χ3n) is 4.70. The summed E-state index contributed by atoms with van der Waals surface area (Å²) in [6.45, 7) is 3.69. The minimum absolute atomic E-state index is 0.146. The number of carbonyl (C=O) groups is 1. The van der Waals surface area contributed by atoms with E-state index < -0.39 is 0 Å². The molecule has 4 heteroatoms. The van der Waals surface area contributed by atoms with Crippen molar-refractivity contribution in [2.45, 2.75) is 57.5 Å². The second-order valence-corrected chi connectivity index (χ2v) is 6.08. The first kappa shape index (κ1) is 13.8. The molecule has 1 aliphatic heterocycles. The van der Waals surface area contributed by atoms with Gasteiger partial charge in [-0.1, -0.05) is 13.3 Å². The van der Waals surface area contributed by atoms with Crippen molar-refractivity contribution in [1.29, 1.82) is 0 Å². The Hall–Kier alpha value is -0.610. The molecule has 4 N–H and O–H groups in total. The van der Waals surface area contributed by atoms with Crippen LogP contribution in [0, 0.1) is 11.8 Å². The fraction of sp³-hybridized carbons (Fsp3) is 0.929. The molecule has 0 aromatic heterocycles. The van der Waals surface area contributed by atoms with Crippen LogP contribution >= 0.6 is 0 Å². The van der Waals surface area contributed by atoms with Crippen LogP contribution in [0.15, 0.2) is 0 Å². The first-order valence-corrected chi connectivity index (χ1v) is 7.39. The van der Waals surface area contributed by atoms with Crippen molar-refractivity contribution >= 4 is 5.91 Å². The van der Waals surface area contributed by atoms with Crippen molar-refractivity contribution in [1.82, 2.24) is 4.90 Å². The summed E-state index contributed by atoms with van der Waals surface area (Å²) in [6.07, 6.45) is 6.34. The summed E-state index contributed by atoms with van der Waals surface area (Å²) >= 11 is 0. The van der Waals surface area contributed by atoms with Gasteiger partial charge in [0.2, 0.25) is 5.91 Å². The second-order valence-electron chi connectivity index (χ2n) is 6.08. The van der Waals surface area contributed by atoms with Crippen LogP contribution in [0.3, 0.4) is 0 Å². The first-order chi connectivity index (χ1) is 8.63. The van der Waals surface area contributed by atoms with E-state index in [1.165, 1.54) is 6.42 Å². The van der Waals surface area contributed by atoms with Gasteiger partial charge in [0.25, 0.3) is 0 Å². The van der Waals surface area contributed by atoms with E-state index in [-0.39, 0.29) is 18.0 Å². The number of hydrogen-bond acceptors (Lipinski definition) is 3. The van der Waals surface area contributed by atoms with Crippen molar-refractivity contribution in [3.8, 4) is 0 Å². The molecule has 104 valence electrons. The number of likely N-dealkylation sites (tertiary alicyclic amines) is 1. The maximum Gasteiger partial charge on any atom is 0.226 e. The van der Waals surface area contributed by atoms with Gasteiger partial charge in [-0.15, -0.1) is 0 Å². The van der Waals surface area contributed by atoms with Gasteiger partial charge in [-0.05, 0) is 38.0 Å². The summed E-state index contributed by atoms with van der Waals surface area (Å²) in [5.74, 6) is 0.991. The lowest BCUT2D eigenvalue weighted by molar-refractivity contribution is -0.141. The lowest BCUT2D eigenvalue weighted by atomic mass is 9.83. The fourth-order valence-electron chi connectivity index (χ4n) is 3.57. The Kier molecular flexibility index (Phi) is 4.62. The van der Waals surface area contributed by atoms with Crippen molar-refractivity contribution in [3.05, 3.63) is 0 Å². The summed E-state index contributed by atoms with van der Waals surface area (Å²) in [5, 5.41) is 0. The van der Waals surface area contributed by atoms with E-state index >= 15 is 0 Å². The molecule has 1 saturated heterocycles. The lowest BCUT2D eigenvalue weighted by Crippen LogP contribution is -2.53. The van der Waals surface area contributed by atoms with E-state index in [0.717, 1.165) is 38.6 Å². The zero-order valence-corrected chi connectivity index (χ0v) is 11.5. The van der Waals surface area contributed by atoms with E-state index in [9.17, 15) is 4.79 Å². The Balaban J connectivity index is 2.02. The molecule has 0 bridgehead atoms. The molecular weight excluding hydrogens is 226 g/mol. The lowest BCUT2D eigenvalue weighted by Gasteiger charge is -2.42. The highest BCUT2D eigenvalue weighted by molar-refractivity contribution is 5.79. The van der Waals surface area contributed by atoms with E-state index in [1.807, 2.05) is 0 Å². The standard InChI is InChI=1S/C14H27N3O/c1-10-4-3-7-17(13(10)9-15)14(18)11-5-2-6-12(16)8-11/h10-13H,2-9,15-16H2,1H3/t10-,11-,12+,13-/m1/s1. The Bertz CT molecular complexity index is 295. The van der Waals surface area contributed by atoms with Crippen molar-refractivity contribution in [3.63, 3.8) is 0 Å². The zero-order chi connectivity index (χ0) is 13.1. The van der Waals surface area contributed by atoms with Gasteiger partial charge in [-0.2, -0.15) is 0 Å². The Labute approximate surface area is 110 Å². The predicted octanol–water partition coefficient (Wildman–Crippen LogP) is 1.09. The normalized spacial score (nSPS) is 37.6. The van der Waals surface area contributed by atoms with Gasteiger partial charge in [0.15, 0.2) is 0 Å². The molecule has 18 heavy (non-hydrogen) atoms. The molecule has 2 fully saturated rings. The molecule has 1 saturated carbocycles. The van der Waals surface area contributed by atoms with Crippen LogP contribution in [-0.2, 0) is 4.79 Å². The van der Waals surface area contributed by atoms with Crippen LogP contribution in [0.25, 0.3) is 0 Å². The number of amides is 1. The minimum atomic E-state index is 0.146. The number of nitrogens with two attached hydrogens (primary N) is 2. The van der Waals surface area contributed by atoms with Crippen LogP contribution in [0.2, 0.25) is 0 Å². The first-order valence-electron chi connectivity index (χ1n) is 7.39. The monoisotopic (exact) mass is 253 g/mol. The summed E-state index contributed by atoms with van der Waals surface area (Å²) in [7, 11) is 0. The van der Waals surface area contributed by atoms with Gasteiger partial charge in [0.1, 0.15) is 0 Å². The maximum atomic E-state index is 12.6. The SMILES string of the molecule is C[C@@H]1CCCN(C(=O)[C@@H]2CCC[C@H](N)C2)[C@@H]1CN. The van der Waals surface area contributed by atoms with Crippen molar-refractivity contribution in [2.24, 2.45) is 23.3 Å². The van der Waals surface area contributed by atoms with Crippen LogP contribution < -0.4 is 11.5 Å². The quantitative estimate of drug-likeness (QED) is 0.774. The molecule has 0 aromatic rings.